The van der Waals surface area contributed by atoms with Gasteiger partial charge in [-0.05, 0) is 24.3 Å². The third kappa shape index (κ3) is 3.05. The van der Waals surface area contributed by atoms with Gasteiger partial charge in [0, 0.05) is 12.1 Å². The van der Waals surface area contributed by atoms with Crippen LogP contribution in [0.1, 0.15) is 5.56 Å². The molecule has 4 nitrogen and oxygen atoms in total. The molecule has 2 rings (SSSR count). The van der Waals surface area contributed by atoms with Crippen molar-refractivity contribution in [1.82, 2.24) is 0 Å². The van der Waals surface area contributed by atoms with Crippen molar-refractivity contribution in [1.29, 1.82) is 0 Å². The van der Waals surface area contributed by atoms with Gasteiger partial charge in [-0.1, -0.05) is 12.1 Å². The highest BCUT2D eigenvalue weighted by atomic mass is 19.4. The Morgan fingerprint density at radius 2 is 1.60 bits per heavy atom. The van der Waals surface area contributed by atoms with E-state index in [4.69, 9.17) is 4.74 Å². The van der Waals surface area contributed by atoms with E-state index in [0.717, 1.165) is 18.2 Å². The number of hydrogen-bond acceptors (Lipinski definition) is 3. The van der Waals surface area contributed by atoms with E-state index in [1.165, 1.54) is 30.3 Å². The van der Waals surface area contributed by atoms with Gasteiger partial charge >= 0.3 is 6.18 Å². The lowest BCUT2D eigenvalue weighted by Gasteiger charge is -2.13. The maximum Gasteiger partial charge on any atom is 0.419 e. The van der Waals surface area contributed by atoms with Crippen molar-refractivity contribution in [2.45, 2.75) is 6.18 Å². The normalized spacial score (nSPS) is 11.2. The maximum absolute atomic E-state index is 12.8. The summed E-state index contributed by atoms with van der Waals surface area (Å²) >= 11 is 0. The molecule has 0 atom stereocenters. The highest BCUT2D eigenvalue weighted by Gasteiger charge is 2.34. The molecule has 0 radical (unpaired) electrons. The van der Waals surface area contributed by atoms with Crippen LogP contribution >= 0.6 is 0 Å². The number of nitrogens with zero attached hydrogens (tertiary/aromatic N) is 1. The van der Waals surface area contributed by atoms with Gasteiger partial charge in [0.25, 0.3) is 5.69 Å². The van der Waals surface area contributed by atoms with Gasteiger partial charge in [0.2, 0.25) is 0 Å². The van der Waals surface area contributed by atoms with Crippen LogP contribution in [0.4, 0.5) is 18.9 Å². The molecule has 0 aliphatic carbocycles. The van der Waals surface area contributed by atoms with Gasteiger partial charge in [-0.15, -0.1) is 0 Å². The van der Waals surface area contributed by atoms with E-state index < -0.39 is 16.7 Å². The molecule has 0 bridgehead atoms. The molecule has 7 heteroatoms. The van der Waals surface area contributed by atoms with Crippen molar-refractivity contribution in [3.05, 3.63) is 64.2 Å². The summed E-state index contributed by atoms with van der Waals surface area (Å²) in [7, 11) is 0. The van der Waals surface area contributed by atoms with Gasteiger partial charge in [-0.3, -0.25) is 10.1 Å². The number of non-ortho nitro benzene ring substituents is 1. The second-order valence-electron chi connectivity index (χ2n) is 3.85. The molecule has 2 aromatic carbocycles. The number of halogens is 3. The topological polar surface area (TPSA) is 52.4 Å². The molecule has 0 fully saturated rings. The van der Waals surface area contributed by atoms with Gasteiger partial charge in [0.15, 0.2) is 0 Å². The molecule has 0 heterocycles. The predicted octanol–water partition coefficient (Wildman–Crippen LogP) is 4.41. The Balaban J connectivity index is 2.28. The molecule has 0 aromatic heterocycles. The van der Waals surface area contributed by atoms with E-state index >= 15 is 0 Å². The largest absolute Gasteiger partial charge is 0.457 e. The highest BCUT2D eigenvalue weighted by Crippen LogP contribution is 2.37. The Labute approximate surface area is 111 Å². The smallest absolute Gasteiger partial charge is 0.419 e. The van der Waals surface area contributed by atoms with E-state index in [2.05, 4.69) is 0 Å². The number of rotatable bonds is 3. The number of hydrogen-bond donors (Lipinski definition) is 0. The molecule has 0 spiro atoms. The fourth-order valence-electron chi connectivity index (χ4n) is 1.55. The van der Waals surface area contributed by atoms with E-state index in [9.17, 15) is 23.3 Å². The molecule has 0 saturated heterocycles. The Morgan fingerprint density at radius 1 is 1.00 bits per heavy atom. The molecule has 20 heavy (non-hydrogen) atoms. The molecule has 0 saturated carbocycles. The Morgan fingerprint density at radius 3 is 2.15 bits per heavy atom. The molecule has 0 N–H and O–H groups in total. The second-order valence-corrected chi connectivity index (χ2v) is 3.85. The molecule has 0 amide bonds. The van der Waals surface area contributed by atoms with Crippen LogP contribution in [-0.2, 0) is 6.18 Å². The zero-order valence-electron chi connectivity index (χ0n) is 9.92. The Bertz CT molecular complexity index is 624. The minimum Gasteiger partial charge on any atom is -0.457 e. The minimum absolute atomic E-state index is 0.0901. The van der Waals surface area contributed by atoms with Gasteiger partial charge in [0.05, 0.1) is 10.5 Å². The first-order valence-corrected chi connectivity index (χ1v) is 5.46. The summed E-state index contributed by atoms with van der Waals surface area (Å²) in [6.45, 7) is 0. The maximum atomic E-state index is 12.8. The van der Waals surface area contributed by atoms with E-state index in [1.807, 2.05) is 0 Å². The molecular weight excluding hydrogens is 275 g/mol. The first-order valence-electron chi connectivity index (χ1n) is 5.46. The fraction of sp³-hybridized carbons (Fsp3) is 0.0769. The molecule has 0 aliphatic heterocycles. The van der Waals surface area contributed by atoms with Gasteiger partial charge in [-0.2, -0.15) is 13.2 Å². The number of para-hydroxylation sites is 1. The first kappa shape index (κ1) is 13.9. The summed E-state index contributed by atoms with van der Waals surface area (Å²) in [4.78, 5) is 9.87. The van der Waals surface area contributed by atoms with Crippen LogP contribution < -0.4 is 4.74 Å². The highest BCUT2D eigenvalue weighted by molar-refractivity contribution is 5.42. The third-order valence-electron chi connectivity index (χ3n) is 2.47. The average Bonchev–Trinajstić information content (AvgIpc) is 2.38. The van der Waals surface area contributed by atoms with Crippen molar-refractivity contribution < 1.29 is 22.8 Å². The summed E-state index contributed by atoms with van der Waals surface area (Å²) in [5, 5.41) is 10.5. The molecule has 104 valence electrons. The minimum atomic E-state index is -4.53. The number of benzene rings is 2. The number of ether oxygens (including phenoxy) is 1. The first-order chi connectivity index (χ1) is 9.38. The zero-order valence-corrected chi connectivity index (χ0v) is 9.92. The fourth-order valence-corrected chi connectivity index (χ4v) is 1.55. The summed E-state index contributed by atoms with van der Waals surface area (Å²) in [5.74, 6) is -0.263. The van der Waals surface area contributed by atoms with Crippen LogP contribution in [0.3, 0.4) is 0 Å². The third-order valence-corrected chi connectivity index (χ3v) is 2.47. The van der Waals surface area contributed by atoms with Crippen LogP contribution in [-0.4, -0.2) is 4.92 Å². The summed E-state index contributed by atoms with van der Waals surface area (Å²) in [6, 6.07) is 9.56. The molecule has 0 unspecified atom stereocenters. The van der Waals surface area contributed by atoms with Crippen LogP contribution in [0.5, 0.6) is 11.5 Å². The van der Waals surface area contributed by atoms with Crippen molar-refractivity contribution in [2.24, 2.45) is 0 Å². The number of nitro groups is 1. The van der Waals surface area contributed by atoms with Crippen LogP contribution in [0.25, 0.3) is 0 Å². The quantitative estimate of drug-likeness (QED) is 0.619. The predicted molar refractivity (Wildman–Crippen MR) is 64.6 cm³/mol. The number of alkyl halides is 3. The lowest BCUT2D eigenvalue weighted by Crippen LogP contribution is -2.06. The summed E-state index contributed by atoms with van der Waals surface area (Å²) in [5.41, 5.74) is -1.07. The van der Waals surface area contributed by atoms with E-state index in [-0.39, 0.29) is 17.2 Å². The van der Waals surface area contributed by atoms with E-state index in [0.29, 0.717) is 0 Å². The Hall–Kier alpha value is -2.57. The SMILES string of the molecule is O=[N+]([O-])c1ccc(Oc2ccccc2C(F)(F)F)cc1. The summed E-state index contributed by atoms with van der Waals surface area (Å²) in [6.07, 6.45) is -4.53. The lowest BCUT2D eigenvalue weighted by atomic mass is 10.2. The molecule has 2 aromatic rings. The average molecular weight is 283 g/mol. The van der Waals surface area contributed by atoms with Crippen molar-refractivity contribution >= 4 is 5.69 Å². The Kier molecular flexibility index (Phi) is 3.60. The zero-order chi connectivity index (χ0) is 14.8. The van der Waals surface area contributed by atoms with E-state index in [1.54, 1.807) is 0 Å². The van der Waals surface area contributed by atoms with Gasteiger partial charge in [0.1, 0.15) is 11.5 Å². The van der Waals surface area contributed by atoms with Gasteiger partial charge in [-0.25, -0.2) is 0 Å². The van der Waals surface area contributed by atoms with Crippen LogP contribution in [0, 0.1) is 10.1 Å². The second kappa shape index (κ2) is 5.20. The lowest BCUT2D eigenvalue weighted by molar-refractivity contribution is -0.384. The molecular formula is C13H8F3NO3. The van der Waals surface area contributed by atoms with Crippen LogP contribution in [0.15, 0.2) is 48.5 Å². The van der Waals surface area contributed by atoms with Gasteiger partial charge < -0.3 is 4.74 Å². The van der Waals surface area contributed by atoms with Crippen molar-refractivity contribution in [3.8, 4) is 11.5 Å². The summed E-state index contributed by atoms with van der Waals surface area (Å²) < 4.78 is 43.4. The standard InChI is InChI=1S/C13H8F3NO3/c14-13(15,16)11-3-1-2-4-12(11)20-10-7-5-9(6-8-10)17(18)19/h1-8H. The monoisotopic (exact) mass is 283 g/mol. The van der Waals surface area contributed by atoms with Crippen LogP contribution in [0.2, 0.25) is 0 Å². The van der Waals surface area contributed by atoms with Crippen molar-refractivity contribution in [2.75, 3.05) is 0 Å². The van der Waals surface area contributed by atoms with Crippen molar-refractivity contribution in [3.63, 3.8) is 0 Å². The molecule has 0 aliphatic rings. The number of nitro benzene ring substituents is 1.